The van der Waals surface area contributed by atoms with E-state index in [4.69, 9.17) is 11.6 Å². The molecule has 0 saturated carbocycles. The average molecular weight is 364 g/mol. The van der Waals surface area contributed by atoms with Crippen LogP contribution in [0.3, 0.4) is 0 Å². The van der Waals surface area contributed by atoms with Crippen LogP contribution in [0, 0.1) is 0 Å². The maximum Gasteiger partial charge on any atom is 0.267 e. The fourth-order valence-corrected chi connectivity index (χ4v) is 3.08. The van der Waals surface area contributed by atoms with E-state index in [1.807, 2.05) is 30.3 Å². The summed E-state index contributed by atoms with van der Waals surface area (Å²) in [5, 5.41) is 4.05. The second kappa shape index (κ2) is 9.30. The molecule has 126 valence electrons. The van der Waals surface area contributed by atoms with Gasteiger partial charge in [0.25, 0.3) is 5.56 Å². The molecule has 0 saturated heterocycles. The summed E-state index contributed by atoms with van der Waals surface area (Å²) in [5.41, 5.74) is -0.357. The highest BCUT2D eigenvalue weighted by Gasteiger charge is 2.14. The molecule has 1 amide bonds. The third-order valence-corrected chi connectivity index (χ3v) is 4.39. The van der Waals surface area contributed by atoms with Crippen LogP contribution in [0.2, 0.25) is 5.15 Å². The molecule has 1 aromatic heterocycles. The molecule has 0 N–H and O–H groups in total. The molecule has 0 atom stereocenters. The van der Waals surface area contributed by atoms with Crippen molar-refractivity contribution in [2.45, 2.75) is 11.4 Å². The molecule has 0 spiro atoms. The van der Waals surface area contributed by atoms with Gasteiger partial charge >= 0.3 is 0 Å². The third-order valence-electron chi connectivity index (χ3n) is 3.19. The van der Waals surface area contributed by atoms with Crippen LogP contribution < -0.4 is 5.56 Å². The molecule has 0 bridgehead atoms. The first-order valence-corrected chi connectivity index (χ1v) is 8.76. The number of hydrogen-bond acceptors (Lipinski definition) is 4. The molecule has 24 heavy (non-hydrogen) atoms. The standard InChI is InChI=1S/C17H18ClN3O2S/c1-2-10-20(11-12-24-14-6-4-3-5-7-14)17(23)13-21-16(22)9-8-15(18)19-21/h2-9H,1,10-13H2. The molecule has 5 nitrogen and oxygen atoms in total. The van der Waals surface area contributed by atoms with Gasteiger partial charge < -0.3 is 4.90 Å². The Balaban J connectivity index is 1.95. The van der Waals surface area contributed by atoms with Crippen molar-refractivity contribution in [3.63, 3.8) is 0 Å². The fraction of sp³-hybridized carbons (Fsp3) is 0.235. The van der Waals surface area contributed by atoms with Gasteiger partial charge in [-0.1, -0.05) is 35.9 Å². The van der Waals surface area contributed by atoms with Crippen molar-refractivity contribution in [1.82, 2.24) is 14.7 Å². The Morgan fingerprint density at radius 2 is 2.04 bits per heavy atom. The van der Waals surface area contributed by atoms with Crippen molar-refractivity contribution >= 4 is 29.3 Å². The smallest absolute Gasteiger partial charge is 0.267 e. The summed E-state index contributed by atoms with van der Waals surface area (Å²) in [6.07, 6.45) is 1.67. The monoisotopic (exact) mass is 363 g/mol. The topological polar surface area (TPSA) is 55.2 Å². The number of halogens is 1. The summed E-state index contributed by atoms with van der Waals surface area (Å²) in [5.74, 6) is 0.557. The molecule has 2 rings (SSSR count). The van der Waals surface area contributed by atoms with E-state index < -0.39 is 0 Å². The second-order valence-corrected chi connectivity index (χ2v) is 6.50. The van der Waals surface area contributed by atoms with E-state index in [1.165, 1.54) is 12.1 Å². The summed E-state index contributed by atoms with van der Waals surface area (Å²) in [6, 6.07) is 12.7. The number of carbonyl (C=O) groups excluding carboxylic acids is 1. The number of aromatic nitrogens is 2. The van der Waals surface area contributed by atoms with Crippen LogP contribution in [0.15, 0.2) is 64.8 Å². The molecule has 7 heteroatoms. The Morgan fingerprint density at radius 1 is 1.29 bits per heavy atom. The van der Waals surface area contributed by atoms with Gasteiger partial charge in [0.2, 0.25) is 5.91 Å². The van der Waals surface area contributed by atoms with E-state index in [9.17, 15) is 9.59 Å². The normalized spacial score (nSPS) is 10.4. The van der Waals surface area contributed by atoms with Crippen molar-refractivity contribution in [3.8, 4) is 0 Å². The van der Waals surface area contributed by atoms with Gasteiger partial charge in [-0.05, 0) is 18.2 Å². The Labute approximate surface area is 149 Å². The second-order valence-electron chi connectivity index (χ2n) is 4.94. The molecule has 0 radical (unpaired) electrons. The van der Waals surface area contributed by atoms with Crippen molar-refractivity contribution in [2.75, 3.05) is 18.8 Å². The van der Waals surface area contributed by atoms with Crippen LogP contribution >= 0.6 is 23.4 Å². The minimum Gasteiger partial charge on any atom is -0.337 e. The lowest BCUT2D eigenvalue weighted by Gasteiger charge is -2.21. The number of rotatable bonds is 8. The quantitative estimate of drug-likeness (QED) is 0.534. The first-order chi connectivity index (χ1) is 11.6. The van der Waals surface area contributed by atoms with Crippen LogP contribution in [0.5, 0.6) is 0 Å². The molecule has 1 aromatic carbocycles. The van der Waals surface area contributed by atoms with E-state index in [-0.39, 0.29) is 23.2 Å². The maximum atomic E-state index is 12.4. The molecule has 2 aromatic rings. The van der Waals surface area contributed by atoms with Gasteiger partial charge in [-0.3, -0.25) is 9.59 Å². The van der Waals surface area contributed by atoms with Crippen molar-refractivity contribution < 1.29 is 4.79 Å². The lowest BCUT2D eigenvalue weighted by Crippen LogP contribution is -2.38. The lowest BCUT2D eigenvalue weighted by atomic mass is 10.4. The molecule has 0 aliphatic heterocycles. The Morgan fingerprint density at radius 3 is 2.75 bits per heavy atom. The van der Waals surface area contributed by atoms with Gasteiger partial charge in [0.15, 0.2) is 0 Å². The summed E-state index contributed by atoms with van der Waals surface area (Å²) >= 11 is 7.45. The first kappa shape index (κ1) is 18.3. The molecule has 1 heterocycles. The van der Waals surface area contributed by atoms with Crippen LogP contribution in [0.4, 0.5) is 0 Å². The predicted molar refractivity (Wildman–Crippen MR) is 97.5 cm³/mol. The first-order valence-electron chi connectivity index (χ1n) is 7.40. The highest BCUT2D eigenvalue weighted by atomic mass is 35.5. The minimum absolute atomic E-state index is 0.136. The van der Waals surface area contributed by atoms with Crippen LogP contribution in [0.1, 0.15) is 0 Å². The fourth-order valence-electron chi connectivity index (χ4n) is 2.03. The highest BCUT2D eigenvalue weighted by molar-refractivity contribution is 7.99. The zero-order chi connectivity index (χ0) is 17.4. The SMILES string of the molecule is C=CCN(CCSc1ccccc1)C(=O)Cn1nc(Cl)ccc1=O. The zero-order valence-corrected chi connectivity index (χ0v) is 14.7. The zero-order valence-electron chi connectivity index (χ0n) is 13.1. The summed E-state index contributed by atoms with van der Waals surface area (Å²) < 4.78 is 1.07. The number of hydrogen-bond donors (Lipinski definition) is 0. The van der Waals surface area contributed by atoms with Crippen LogP contribution in [-0.4, -0.2) is 39.4 Å². The third kappa shape index (κ3) is 5.54. The number of nitrogens with zero attached hydrogens (tertiary/aromatic N) is 3. The molecule has 0 aliphatic rings. The van der Waals surface area contributed by atoms with Gasteiger partial charge in [0, 0.05) is 29.8 Å². The highest BCUT2D eigenvalue weighted by Crippen LogP contribution is 2.16. The van der Waals surface area contributed by atoms with E-state index >= 15 is 0 Å². The average Bonchev–Trinajstić information content (AvgIpc) is 2.58. The van der Waals surface area contributed by atoms with Gasteiger partial charge in [-0.15, -0.1) is 18.3 Å². The van der Waals surface area contributed by atoms with Gasteiger partial charge in [-0.25, -0.2) is 4.68 Å². The number of benzene rings is 1. The van der Waals surface area contributed by atoms with Gasteiger partial charge in [0.05, 0.1) is 0 Å². The van der Waals surface area contributed by atoms with E-state index in [2.05, 4.69) is 11.7 Å². The number of amides is 1. The van der Waals surface area contributed by atoms with Crippen molar-refractivity contribution in [2.24, 2.45) is 0 Å². The van der Waals surface area contributed by atoms with E-state index in [1.54, 1.807) is 22.7 Å². The number of carbonyl (C=O) groups is 1. The van der Waals surface area contributed by atoms with Crippen molar-refractivity contribution in [1.29, 1.82) is 0 Å². The summed E-state index contributed by atoms with van der Waals surface area (Å²) in [4.78, 5) is 27.0. The van der Waals surface area contributed by atoms with Gasteiger partial charge in [-0.2, -0.15) is 5.10 Å². The Hall–Kier alpha value is -2.05. The van der Waals surface area contributed by atoms with Crippen LogP contribution in [0.25, 0.3) is 0 Å². The largest absolute Gasteiger partial charge is 0.337 e. The Bertz CT molecular complexity index is 749. The maximum absolute atomic E-state index is 12.4. The van der Waals surface area contributed by atoms with Gasteiger partial charge in [0.1, 0.15) is 11.7 Å². The summed E-state index contributed by atoms with van der Waals surface area (Å²) in [7, 11) is 0. The molecule has 0 aliphatic carbocycles. The molecule has 0 fully saturated rings. The minimum atomic E-state index is -0.357. The molecular formula is C17H18ClN3O2S. The van der Waals surface area contributed by atoms with E-state index in [0.717, 1.165) is 15.3 Å². The molecular weight excluding hydrogens is 346 g/mol. The van der Waals surface area contributed by atoms with Crippen molar-refractivity contribution in [3.05, 3.63) is 70.6 Å². The molecule has 0 unspecified atom stereocenters. The lowest BCUT2D eigenvalue weighted by molar-refractivity contribution is -0.131. The number of thioether (sulfide) groups is 1. The van der Waals surface area contributed by atoms with Crippen LogP contribution in [-0.2, 0) is 11.3 Å². The van der Waals surface area contributed by atoms with E-state index in [0.29, 0.717) is 13.1 Å². The summed E-state index contributed by atoms with van der Waals surface area (Å²) in [6.45, 7) is 4.52. The Kier molecular flexibility index (Phi) is 7.08. The predicted octanol–water partition coefficient (Wildman–Crippen LogP) is 2.70.